The van der Waals surface area contributed by atoms with Crippen molar-refractivity contribution in [3.05, 3.63) is 63.7 Å². The van der Waals surface area contributed by atoms with Crippen molar-refractivity contribution in [2.75, 3.05) is 18.2 Å². The minimum Gasteiger partial charge on any atom is -0.469 e. The van der Waals surface area contributed by atoms with Crippen LogP contribution in [0.25, 0.3) is 22.4 Å². The Labute approximate surface area is 256 Å². The number of nitrogen functional groups attached to an aromatic ring is 1. The molecule has 3 N–H and O–H groups in total. The lowest BCUT2D eigenvalue weighted by molar-refractivity contribution is -0.285. The molecule has 0 spiro atoms. The van der Waals surface area contributed by atoms with E-state index >= 15 is 0 Å². The third-order valence-corrected chi connectivity index (χ3v) is 7.97. The predicted octanol–water partition coefficient (Wildman–Crippen LogP) is 5.55. The number of nitriles is 1. The lowest BCUT2D eigenvalue weighted by Gasteiger charge is -2.24. The zero-order valence-electron chi connectivity index (χ0n) is 23.6. The highest BCUT2D eigenvalue weighted by Gasteiger charge is 2.57. The fourth-order valence-electron chi connectivity index (χ4n) is 5.21. The Bertz CT molecular complexity index is 1900. The molecule has 0 aliphatic carbocycles. The number of aromatic nitrogens is 4. The molecule has 1 aliphatic rings. The fraction of sp³-hybridized carbons (Fsp3) is 0.310. The quantitative estimate of drug-likeness (QED) is 0.187. The second-order valence-corrected chi connectivity index (χ2v) is 10.9. The van der Waals surface area contributed by atoms with Crippen LogP contribution in [0.4, 0.5) is 33.6 Å². The molecule has 1 atom stereocenters. The average Bonchev–Trinajstić information content (AvgIpc) is 3.48. The van der Waals surface area contributed by atoms with Crippen LogP contribution < -0.4 is 11.1 Å². The van der Waals surface area contributed by atoms with E-state index in [2.05, 4.69) is 31.2 Å². The topological polar surface area (TPSA) is 149 Å². The number of nitrogens with zero attached hydrogens (tertiary/aromatic N) is 5. The Kier molecular flexibility index (Phi) is 7.90. The molecule has 0 radical (unpaired) electrons. The highest BCUT2D eigenvalue weighted by atomic mass is 35.5. The van der Waals surface area contributed by atoms with Gasteiger partial charge >= 0.3 is 18.1 Å². The number of esters is 1. The van der Waals surface area contributed by atoms with Crippen molar-refractivity contribution < 1.29 is 36.3 Å². The molecule has 4 aromatic rings. The number of anilines is 2. The maximum atomic E-state index is 13.7. The van der Waals surface area contributed by atoms with Crippen LogP contribution in [0.1, 0.15) is 42.0 Å². The maximum absolute atomic E-state index is 13.7. The van der Waals surface area contributed by atoms with E-state index in [1.54, 1.807) is 19.1 Å². The van der Waals surface area contributed by atoms with Crippen molar-refractivity contribution in [2.24, 2.45) is 0 Å². The lowest BCUT2D eigenvalue weighted by atomic mass is 9.76. The van der Waals surface area contributed by atoms with Gasteiger partial charge in [-0.05, 0) is 48.7 Å². The molecule has 1 amide bonds. The maximum Gasteiger partial charge on any atom is 0.453 e. The normalized spacial score (nSPS) is 16.4. The summed E-state index contributed by atoms with van der Waals surface area (Å²) in [4.78, 5) is 33.8. The van der Waals surface area contributed by atoms with Crippen molar-refractivity contribution in [1.82, 2.24) is 19.7 Å². The third kappa shape index (κ3) is 5.50. The van der Waals surface area contributed by atoms with E-state index < -0.39 is 42.4 Å². The number of carbonyl (C=O) groups is 2. The van der Waals surface area contributed by atoms with Crippen LogP contribution in [0.5, 0.6) is 0 Å². The van der Waals surface area contributed by atoms with Crippen LogP contribution in [0.15, 0.2) is 36.4 Å². The summed E-state index contributed by atoms with van der Waals surface area (Å²) in [5.74, 6) is -6.17. The number of hydrogen-bond acceptors (Lipinski definition) is 8. The molecular weight excluding hydrogens is 625 g/mol. The molecule has 234 valence electrons. The van der Waals surface area contributed by atoms with Gasteiger partial charge < -0.3 is 15.8 Å². The van der Waals surface area contributed by atoms with E-state index in [0.29, 0.717) is 16.5 Å². The van der Waals surface area contributed by atoms with Gasteiger partial charge in [0, 0.05) is 29.8 Å². The molecular formula is C29H23ClF5N7O3. The van der Waals surface area contributed by atoms with E-state index in [1.807, 2.05) is 0 Å². The fourth-order valence-corrected chi connectivity index (χ4v) is 5.37. The predicted molar refractivity (Wildman–Crippen MR) is 152 cm³/mol. The molecule has 45 heavy (non-hydrogen) atoms. The van der Waals surface area contributed by atoms with Crippen molar-refractivity contribution >= 4 is 46.0 Å². The summed E-state index contributed by atoms with van der Waals surface area (Å²) >= 11 is 6.08. The first kappa shape index (κ1) is 31.6. The Morgan fingerprint density at radius 3 is 2.58 bits per heavy atom. The number of methoxy groups -OCH3 is 1. The van der Waals surface area contributed by atoms with Crippen molar-refractivity contribution in [3.63, 3.8) is 0 Å². The van der Waals surface area contributed by atoms with Gasteiger partial charge in [0.1, 0.15) is 22.7 Å². The molecule has 2 aromatic heterocycles. The number of rotatable bonds is 8. The number of nitrogens with one attached hydrogen (secondary N) is 1. The number of benzene rings is 2. The Morgan fingerprint density at radius 2 is 1.91 bits per heavy atom. The van der Waals surface area contributed by atoms with Gasteiger partial charge in [-0.2, -0.15) is 32.3 Å². The van der Waals surface area contributed by atoms with E-state index in [0.717, 1.165) is 4.68 Å². The SMILES string of the molecule is COC(=O)CCc1ccc(C2(C)C(=O)Nc3nc(-c4nn(CCC(F)(F)C(F)(F)F)c5cc(Cl)ccc45)nc(N)c32)cc1C#N. The number of fused-ring (bicyclic) bond motifs is 2. The van der Waals surface area contributed by atoms with Gasteiger partial charge in [0.25, 0.3) is 0 Å². The minimum atomic E-state index is -5.74. The van der Waals surface area contributed by atoms with Crippen LogP contribution in [-0.4, -0.2) is 50.8 Å². The van der Waals surface area contributed by atoms with E-state index in [1.165, 1.54) is 31.4 Å². The zero-order valence-corrected chi connectivity index (χ0v) is 24.4. The highest BCUT2D eigenvalue weighted by Crippen LogP contribution is 2.46. The van der Waals surface area contributed by atoms with Gasteiger partial charge in [0.05, 0.1) is 29.8 Å². The van der Waals surface area contributed by atoms with Gasteiger partial charge in [0.15, 0.2) is 5.82 Å². The number of amides is 1. The summed E-state index contributed by atoms with van der Waals surface area (Å²) in [6.45, 7) is 0.764. The van der Waals surface area contributed by atoms with Gasteiger partial charge in [0.2, 0.25) is 5.91 Å². The monoisotopic (exact) mass is 647 g/mol. The summed E-state index contributed by atoms with van der Waals surface area (Å²) in [6.07, 6.45) is -7.02. The smallest absolute Gasteiger partial charge is 0.453 e. The first-order chi connectivity index (χ1) is 21.1. The number of hydrogen-bond donors (Lipinski definition) is 2. The molecule has 16 heteroatoms. The third-order valence-electron chi connectivity index (χ3n) is 7.73. The van der Waals surface area contributed by atoms with E-state index in [9.17, 15) is 36.8 Å². The Morgan fingerprint density at radius 1 is 1.18 bits per heavy atom. The second-order valence-electron chi connectivity index (χ2n) is 10.5. The number of alkyl halides is 5. The van der Waals surface area contributed by atoms with Gasteiger partial charge in [-0.3, -0.25) is 14.3 Å². The van der Waals surface area contributed by atoms with Crippen LogP contribution >= 0.6 is 11.6 Å². The Balaban J connectivity index is 1.55. The molecule has 5 rings (SSSR count). The molecule has 2 aromatic carbocycles. The first-order valence-electron chi connectivity index (χ1n) is 13.3. The summed E-state index contributed by atoms with van der Waals surface area (Å²) in [7, 11) is 1.26. The largest absolute Gasteiger partial charge is 0.469 e. The average molecular weight is 648 g/mol. The molecule has 0 fully saturated rings. The van der Waals surface area contributed by atoms with E-state index in [4.69, 9.17) is 17.3 Å². The standard InChI is InChI=1S/C29H23ClF5N7O3/c1-27(16-5-3-14(15(11-16)13-36)4-8-20(43)45-2)21-23(37)38-25(39-24(21)40-26(27)44)22-18-7-6-17(30)12-19(18)42(41-22)10-9-28(31,32)29(33,34)35/h3,5-7,11-12H,4,8-10H2,1-2H3,(H3,37,38,39,40,44). The number of ether oxygens (including phenoxy) is 1. The Hall–Kier alpha value is -4.84. The molecule has 10 nitrogen and oxygen atoms in total. The zero-order chi connectivity index (χ0) is 32.9. The molecule has 0 saturated carbocycles. The molecule has 0 saturated heterocycles. The molecule has 1 unspecified atom stereocenters. The van der Waals surface area contributed by atoms with E-state index in [-0.39, 0.29) is 57.7 Å². The number of nitrogens with two attached hydrogens (primary N) is 1. The molecule has 3 heterocycles. The molecule has 0 bridgehead atoms. The van der Waals surface area contributed by atoms with Crippen LogP contribution in [0.2, 0.25) is 5.02 Å². The first-order valence-corrected chi connectivity index (χ1v) is 13.7. The highest BCUT2D eigenvalue weighted by molar-refractivity contribution is 6.31. The number of halogens is 6. The van der Waals surface area contributed by atoms with Crippen LogP contribution in [-0.2, 0) is 32.7 Å². The lowest BCUT2D eigenvalue weighted by Crippen LogP contribution is -2.37. The van der Waals surface area contributed by atoms with Crippen molar-refractivity contribution in [1.29, 1.82) is 5.26 Å². The number of aryl methyl sites for hydroxylation is 2. The summed E-state index contributed by atoms with van der Waals surface area (Å²) < 4.78 is 71.5. The minimum absolute atomic E-state index is 0.0102. The van der Waals surface area contributed by atoms with Crippen LogP contribution in [0, 0.1) is 11.3 Å². The summed E-state index contributed by atoms with van der Waals surface area (Å²) in [6, 6.07) is 11.2. The van der Waals surface area contributed by atoms with Crippen LogP contribution in [0.3, 0.4) is 0 Å². The van der Waals surface area contributed by atoms with Gasteiger partial charge in [-0.15, -0.1) is 0 Å². The molecule has 1 aliphatic heterocycles. The number of carbonyl (C=O) groups excluding carboxylic acids is 2. The van der Waals surface area contributed by atoms with Gasteiger partial charge in [-0.25, -0.2) is 9.97 Å². The second kappa shape index (κ2) is 11.3. The van der Waals surface area contributed by atoms with Gasteiger partial charge in [-0.1, -0.05) is 23.7 Å². The van der Waals surface area contributed by atoms with Crippen molar-refractivity contribution in [3.8, 4) is 17.6 Å². The summed E-state index contributed by atoms with van der Waals surface area (Å²) in [5, 5.41) is 17.1. The van der Waals surface area contributed by atoms with Crippen molar-refractivity contribution in [2.45, 2.75) is 50.2 Å². The summed E-state index contributed by atoms with van der Waals surface area (Å²) in [5.41, 5.74) is 6.52.